The quantitative estimate of drug-likeness (QED) is 0.652. The van der Waals surface area contributed by atoms with E-state index in [1.54, 1.807) is 19.4 Å². The molecule has 1 aromatic carbocycles. The van der Waals surface area contributed by atoms with Crippen molar-refractivity contribution in [3.05, 3.63) is 62.9 Å². The van der Waals surface area contributed by atoms with Crippen molar-refractivity contribution in [2.45, 2.75) is 50.8 Å². The lowest BCUT2D eigenvalue weighted by Crippen LogP contribution is -2.54. The molecule has 2 fully saturated rings. The summed E-state index contributed by atoms with van der Waals surface area (Å²) in [4.78, 5) is 19.6. The average Bonchev–Trinajstić information content (AvgIpc) is 2.83. The molecule has 2 aromatic rings. The van der Waals surface area contributed by atoms with Crippen LogP contribution in [0.5, 0.6) is 0 Å². The SMILES string of the molecule is CO[C@H]1COCC[C@H]1NC1CCN(C(=O)c2cncc(Cc3ccc(Cl)c(Cl)c3)c2C)CC1. The summed E-state index contributed by atoms with van der Waals surface area (Å²) in [6.07, 6.45) is 7.05. The van der Waals surface area contributed by atoms with Gasteiger partial charge in [-0.1, -0.05) is 29.3 Å². The van der Waals surface area contributed by atoms with Crippen molar-refractivity contribution in [3.8, 4) is 0 Å². The summed E-state index contributed by atoms with van der Waals surface area (Å²) in [6.45, 7) is 4.85. The van der Waals surface area contributed by atoms with Crippen LogP contribution in [0.1, 0.15) is 46.3 Å². The van der Waals surface area contributed by atoms with Crippen molar-refractivity contribution in [2.75, 3.05) is 33.4 Å². The highest BCUT2D eigenvalue weighted by atomic mass is 35.5. The molecule has 2 saturated heterocycles. The molecule has 4 rings (SSSR count). The molecule has 0 bridgehead atoms. The minimum atomic E-state index is 0.0512. The van der Waals surface area contributed by atoms with Gasteiger partial charge in [-0.2, -0.15) is 0 Å². The summed E-state index contributed by atoms with van der Waals surface area (Å²) in [7, 11) is 1.74. The molecule has 8 heteroatoms. The van der Waals surface area contributed by atoms with Crippen LogP contribution in [0.25, 0.3) is 0 Å². The molecule has 1 aromatic heterocycles. The lowest BCUT2D eigenvalue weighted by Gasteiger charge is -2.38. The normalized spacial score (nSPS) is 21.9. The number of carbonyl (C=O) groups is 1. The first kappa shape index (κ1) is 24.4. The number of likely N-dealkylation sites (tertiary alicyclic amines) is 1. The van der Waals surface area contributed by atoms with Gasteiger partial charge in [0.05, 0.1) is 28.3 Å². The Bertz CT molecular complexity index is 979. The van der Waals surface area contributed by atoms with E-state index in [1.807, 2.05) is 30.2 Å². The lowest BCUT2D eigenvalue weighted by molar-refractivity contribution is -0.0533. The third-order valence-electron chi connectivity index (χ3n) is 6.77. The molecular weight excluding hydrogens is 461 g/mol. The van der Waals surface area contributed by atoms with Crippen LogP contribution in [0.2, 0.25) is 10.0 Å². The third kappa shape index (κ3) is 5.87. The van der Waals surface area contributed by atoms with Crippen LogP contribution >= 0.6 is 23.2 Å². The topological polar surface area (TPSA) is 63.7 Å². The largest absolute Gasteiger partial charge is 0.379 e. The molecule has 1 N–H and O–H groups in total. The van der Waals surface area contributed by atoms with Gasteiger partial charge >= 0.3 is 0 Å². The minimum absolute atomic E-state index is 0.0512. The van der Waals surface area contributed by atoms with Crippen LogP contribution in [-0.2, 0) is 15.9 Å². The molecule has 2 atom stereocenters. The fourth-order valence-electron chi connectivity index (χ4n) is 4.69. The van der Waals surface area contributed by atoms with E-state index in [-0.39, 0.29) is 12.0 Å². The Morgan fingerprint density at radius 1 is 1.21 bits per heavy atom. The maximum absolute atomic E-state index is 13.3. The van der Waals surface area contributed by atoms with Gasteiger partial charge in [-0.05, 0) is 61.4 Å². The van der Waals surface area contributed by atoms with Gasteiger partial charge in [0.15, 0.2) is 0 Å². The molecule has 0 radical (unpaired) electrons. The Kier molecular flexibility index (Phi) is 8.25. The van der Waals surface area contributed by atoms with Gasteiger partial charge in [-0.3, -0.25) is 9.78 Å². The second kappa shape index (κ2) is 11.2. The summed E-state index contributed by atoms with van der Waals surface area (Å²) in [5.41, 5.74) is 3.68. The number of aromatic nitrogens is 1. The van der Waals surface area contributed by atoms with Gasteiger partial charge in [0.2, 0.25) is 0 Å². The van der Waals surface area contributed by atoms with E-state index >= 15 is 0 Å². The summed E-state index contributed by atoms with van der Waals surface area (Å²) in [6, 6.07) is 6.30. The molecule has 1 amide bonds. The molecule has 2 aliphatic rings. The molecule has 0 spiro atoms. The smallest absolute Gasteiger partial charge is 0.255 e. The van der Waals surface area contributed by atoms with Crippen molar-refractivity contribution < 1.29 is 14.3 Å². The Hall–Kier alpha value is -1.70. The number of amides is 1. The van der Waals surface area contributed by atoms with Gasteiger partial charge in [0, 0.05) is 51.3 Å². The fraction of sp³-hybridized carbons (Fsp3) is 0.520. The Balaban J connectivity index is 1.37. The Labute approximate surface area is 205 Å². The van der Waals surface area contributed by atoms with E-state index in [0.717, 1.165) is 55.6 Å². The van der Waals surface area contributed by atoms with Crippen molar-refractivity contribution in [2.24, 2.45) is 0 Å². The summed E-state index contributed by atoms with van der Waals surface area (Å²) in [5, 5.41) is 4.80. The third-order valence-corrected chi connectivity index (χ3v) is 7.51. The van der Waals surface area contributed by atoms with Crippen LogP contribution in [0.15, 0.2) is 30.6 Å². The highest BCUT2D eigenvalue weighted by Crippen LogP contribution is 2.26. The lowest BCUT2D eigenvalue weighted by atomic mass is 9.97. The van der Waals surface area contributed by atoms with Crippen molar-refractivity contribution in [1.29, 1.82) is 0 Å². The van der Waals surface area contributed by atoms with Gasteiger partial charge in [0.1, 0.15) is 0 Å². The zero-order valence-electron chi connectivity index (χ0n) is 19.2. The second-order valence-corrected chi connectivity index (χ2v) is 9.69. The summed E-state index contributed by atoms with van der Waals surface area (Å²) >= 11 is 12.2. The predicted molar refractivity (Wildman–Crippen MR) is 130 cm³/mol. The molecule has 2 aliphatic heterocycles. The highest BCUT2D eigenvalue weighted by molar-refractivity contribution is 6.42. The first-order chi connectivity index (χ1) is 16.0. The molecule has 0 aliphatic carbocycles. The zero-order chi connectivity index (χ0) is 23.4. The van der Waals surface area contributed by atoms with Gasteiger partial charge in [-0.15, -0.1) is 0 Å². The van der Waals surface area contributed by atoms with Crippen LogP contribution in [0.4, 0.5) is 0 Å². The van der Waals surface area contributed by atoms with E-state index in [0.29, 0.717) is 40.7 Å². The molecule has 0 unspecified atom stereocenters. The number of carbonyl (C=O) groups excluding carboxylic acids is 1. The Morgan fingerprint density at radius 2 is 2.00 bits per heavy atom. The standard InChI is InChI=1S/C25H31Cl2N3O3/c1-16-18(11-17-3-4-21(26)22(27)12-17)13-28-14-20(16)25(31)30-8-5-19(6-9-30)29-23-7-10-33-15-24(23)32-2/h3-4,12-14,19,23-24,29H,5-11,15H2,1-2H3/t23-,24+/m1/s1. The summed E-state index contributed by atoms with van der Waals surface area (Å²) in [5.74, 6) is 0.0512. The highest BCUT2D eigenvalue weighted by Gasteiger charge is 2.30. The minimum Gasteiger partial charge on any atom is -0.379 e. The van der Waals surface area contributed by atoms with E-state index < -0.39 is 0 Å². The fourth-order valence-corrected chi connectivity index (χ4v) is 5.01. The number of benzene rings is 1. The number of methoxy groups -OCH3 is 1. The molecule has 0 saturated carbocycles. The first-order valence-corrected chi connectivity index (χ1v) is 12.2. The number of hydrogen-bond donors (Lipinski definition) is 1. The Morgan fingerprint density at radius 3 is 2.73 bits per heavy atom. The van der Waals surface area contributed by atoms with E-state index in [4.69, 9.17) is 32.7 Å². The van der Waals surface area contributed by atoms with Crippen molar-refractivity contribution in [3.63, 3.8) is 0 Å². The summed E-state index contributed by atoms with van der Waals surface area (Å²) < 4.78 is 11.1. The van der Waals surface area contributed by atoms with Crippen LogP contribution in [0, 0.1) is 6.92 Å². The maximum atomic E-state index is 13.3. The number of nitrogens with zero attached hydrogens (tertiary/aromatic N) is 2. The molecule has 178 valence electrons. The number of piperidine rings is 1. The van der Waals surface area contributed by atoms with E-state index in [9.17, 15) is 4.79 Å². The number of pyridine rings is 1. The number of nitrogens with one attached hydrogen (secondary N) is 1. The van der Waals surface area contributed by atoms with Crippen LogP contribution in [-0.4, -0.2) is 67.4 Å². The van der Waals surface area contributed by atoms with E-state index in [2.05, 4.69) is 10.3 Å². The molecule has 6 nitrogen and oxygen atoms in total. The van der Waals surface area contributed by atoms with Crippen molar-refractivity contribution >= 4 is 29.1 Å². The molecule has 33 heavy (non-hydrogen) atoms. The molecular formula is C25H31Cl2N3O3. The number of rotatable bonds is 6. The van der Waals surface area contributed by atoms with Gasteiger partial charge < -0.3 is 19.7 Å². The van der Waals surface area contributed by atoms with Gasteiger partial charge in [-0.25, -0.2) is 0 Å². The van der Waals surface area contributed by atoms with E-state index in [1.165, 1.54) is 0 Å². The maximum Gasteiger partial charge on any atom is 0.255 e. The number of halogens is 2. The first-order valence-electron chi connectivity index (χ1n) is 11.5. The second-order valence-electron chi connectivity index (χ2n) is 8.87. The molecule has 3 heterocycles. The van der Waals surface area contributed by atoms with Crippen LogP contribution < -0.4 is 5.32 Å². The number of hydrogen-bond acceptors (Lipinski definition) is 5. The zero-order valence-corrected chi connectivity index (χ0v) is 20.7. The monoisotopic (exact) mass is 491 g/mol. The van der Waals surface area contributed by atoms with Crippen molar-refractivity contribution in [1.82, 2.24) is 15.2 Å². The predicted octanol–water partition coefficient (Wildman–Crippen LogP) is 4.29. The van der Waals surface area contributed by atoms with Gasteiger partial charge in [0.25, 0.3) is 5.91 Å². The average molecular weight is 492 g/mol. The number of ether oxygens (including phenoxy) is 2. The van der Waals surface area contributed by atoms with Crippen LogP contribution in [0.3, 0.4) is 0 Å².